The lowest BCUT2D eigenvalue weighted by molar-refractivity contribution is 0.0728. The van der Waals surface area contributed by atoms with Crippen LogP contribution in [0.2, 0.25) is 0 Å². The number of benzene rings is 1. The van der Waals surface area contributed by atoms with Crippen molar-refractivity contribution in [2.75, 3.05) is 5.32 Å². The quantitative estimate of drug-likeness (QED) is 0.672. The fourth-order valence-corrected chi connectivity index (χ4v) is 1.91. The minimum absolute atomic E-state index is 0.255. The van der Waals surface area contributed by atoms with E-state index in [-0.39, 0.29) is 6.04 Å². The lowest BCUT2D eigenvalue weighted by Gasteiger charge is -2.10. The number of hydrogen-bond donors (Lipinski definition) is 1. The summed E-state index contributed by atoms with van der Waals surface area (Å²) in [7, 11) is 0. The van der Waals surface area contributed by atoms with Crippen molar-refractivity contribution in [3.05, 3.63) is 53.7 Å². The fraction of sp³-hybridized carbons (Fsp3) is 0.294. The van der Waals surface area contributed by atoms with Crippen molar-refractivity contribution in [1.82, 2.24) is 4.98 Å². The van der Waals surface area contributed by atoms with Gasteiger partial charge in [0.15, 0.2) is 5.69 Å². The molecule has 0 saturated carbocycles. The second-order valence-electron chi connectivity index (χ2n) is 5.10. The molecule has 2 rings (SSSR count). The Morgan fingerprint density at radius 3 is 2.71 bits per heavy atom. The first-order valence-corrected chi connectivity index (χ1v) is 7.13. The molecule has 0 bridgehead atoms. The monoisotopic (exact) mass is 284 g/mol. The number of aryl methyl sites for hydroxylation is 1. The maximum atomic E-state index is 12.1. The van der Waals surface area contributed by atoms with Crippen LogP contribution in [0.3, 0.4) is 0 Å². The molecule has 0 aliphatic carbocycles. The first-order valence-electron chi connectivity index (χ1n) is 7.13. The minimum Gasteiger partial charge on any atom is -0.422 e. The standard InChI is InChI=1S/C17H20N2O2/c1-4-13-7-5-8-14(11-13)21-17(20)15-9-6-10-16(19-15)18-12(2)3/h5-12H,4H2,1-3H3,(H,18,19). The predicted molar refractivity (Wildman–Crippen MR) is 83.8 cm³/mol. The number of rotatable bonds is 5. The number of carbonyl (C=O) groups excluding carboxylic acids is 1. The highest BCUT2D eigenvalue weighted by Gasteiger charge is 2.11. The number of hydrogen-bond acceptors (Lipinski definition) is 4. The minimum atomic E-state index is -0.448. The Morgan fingerprint density at radius 1 is 1.24 bits per heavy atom. The SMILES string of the molecule is CCc1cccc(OC(=O)c2cccc(NC(C)C)n2)c1. The molecule has 0 aliphatic rings. The van der Waals surface area contributed by atoms with Crippen LogP contribution in [0, 0.1) is 0 Å². The summed E-state index contributed by atoms with van der Waals surface area (Å²) in [6.07, 6.45) is 0.900. The Bertz CT molecular complexity index is 624. The molecule has 0 amide bonds. The van der Waals surface area contributed by atoms with Crippen LogP contribution in [-0.4, -0.2) is 17.0 Å². The number of ether oxygens (including phenoxy) is 1. The second kappa shape index (κ2) is 6.88. The molecule has 0 fully saturated rings. The van der Waals surface area contributed by atoms with Crippen LogP contribution in [0.15, 0.2) is 42.5 Å². The average Bonchev–Trinajstić information content (AvgIpc) is 2.47. The van der Waals surface area contributed by atoms with E-state index in [0.717, 1.165) is 12.0 Å². The van der Waals surface area contributed by atoms with Crippen LogP contribution in [0.5, 0.6) is 5.75 Å². The Hall–Kier alpha value is -2.36. The molecule has 2 aromatic rings. The highest BCUT2D eigenvalue weighted by molar-refractivity contribution is 5.89. The normalized spacial score (nSPS) is 10.5. The van der Waals surface area contributed by atoms with Crippen LogP contribution in [-0.2, 0) is 6.42 Å². The molecule has 1 aromatic carbocycles. The van der Waals surface area contributed by atoms with Crippen LogP contribution in [0.4, 0.5) is 5.82 Å². The fourth-order valence-electron chi connectivity index (χ4n) is 1.91. The summed E-state index contributed by atoms with van der Waals surface area (Å²) < 4.78 is 5.37. The summed E-state index contributed by atoms with van der Waals surface area (Å²) >= 11 is 0. The zero-order valence-corrected chi connectivity index (χ0v) is 12.6. The Balaban J connectivity index is 2.12. The molecule has 21 heavy (non-hydrogen) atoms. The van der Waals surface area contributed by atoms with Gasteiger partial charge in [0.05, 0.1) is 0 Å². The first-order chi connectivity index (χ1) is 10.1. The topological polar surface area (TPSA) is 51.2 Å². The molecule has 4 nitrogen and oxygen atoms in total. The summed E-state index contributed by atoms with van der Waals surface area (Å²) in [6, 6.07) is 13.0. The van der Waals surface area contributed by atoms with Gasteiger partial charge in [0.1, 0.15) is 11.6 Å². The molecule has 0 spiro atoms. The molecule has 110 valence electrons. The maximum absolute atomic E-state index is 12.1. The van der Waals surface area contributed by atoms with Crippen LogP contribution >= 0.6 is 0 Å². The highest BCUT2D eigenvalue weighted by Crippen LogP contribution is 2.16. The van der Waals surface area contributed by atoms with E-state index >= 15 is 0 Å². The van der Waals surface area contributed by atoms with E-state index in [0.29, 0.717) is 17.3 Å². The van der Waals surface area contributed by atoms with Crippen molar-refractivity contribution >= 4 is 11.8 Å². The second-order valence-corrected chi connectivity index (χ2v) is 5.10. The van der Waals surface area contributed by atoms with Crippen LogP contribution in [0.1, 0.15) is 36.8 Å². The van der Waals surface area contributed by atoms with Crippen molar-refractivity contribution in [3.63, 3.8) is 0 Å². The zero-order chi connectivity index (χ0) is 15.2. The Labute approximate surface area is 125 Å². The number of nitrogens with zero attached hydrogens (tertiary/aromatic N) is 1. The van der Waals surface area contributed by atoms with Gasteiger partial charge in [-0.2, -0.15) is 0 Å². The third kappa shape index (κ3) is 4.31. The highest BCUT2D eigenvalue weighted by atomic mass is 16.5. The maximum Gasteiger partial charge on any atom is 0.362 e. The molecule has 0 saturated heterocycles. The number of aromatic nitrogens is 1. The Morgan fingerprint density at radius 2 is 2.00 bits per heavy atom. The number of nitrogens with one attached hydrogen (secondary N) is 1. The van der Waals surface area contributed by atoms with Gasteiger partial charge in [-0.3, -0.25) is 0 Å². The number of anilines is 1. The molecule has 0 unspecified atom stereocenters. The smallest absolute Gasteiger partial charge is 0.362 e. The first kappa shape index (κ1) is 15.0. The Kier molecular flexibility index (Phi) is 4.93. The van der Waals surface area contributed by atoms with Gasteiger partial charge >= 0.3 is 5.97 Å². The number of esters is 1. The lowest BCUT2D eigenvalue weighted by atomic mass is 10.2. The molecule has 0 atom stereocenters. The van der Waals surface area contributed by atoms with Gasteiger partial charge in [-0.25, -0.2) is 9.78 Å². The van der Waals surface area contributed by atoms with Crippen molar-refractivity contribution in [3.8, 4) is 5.75 Å². The van der Waals surface area contributed by atoms with E-state index in [2.05, 4.69) is 17.2 Å². The number of carbonyl (C=O) groups is 1. The van der Waals surface area contributed by atoms with Gasteiger partial charge in [0.2, 0.25) is 0 Å². The van der Waals surface area contributed by atoms with Crippen molar-refractivity contribution in [2.45, 2.75) is 33.2 Å². The van der Waals surface area contributed by atoms with E-state index in [9.17, 15) is 4.79 Å². The van der Waals surface area contributed by atoms with Gasteiger partial charge in [0.25, 0.3) is 0 Å². The van der Waals surface area contributed by atoms with E-state index in [1.807, 2.05) is 38.1 Å². The van der Waals surface area contributed by atoms with E-state index in [1.54, 1.807) is 18.2 Å². The van der Waals surface area contributed by atoms with Gasteiger partial charge in [-0.15, -0.1) is 0 Å². The lowest BCUT2D eigenvalue weighted by Crippen LogP contribution is -2.15. The molecular weight excluding hydrogens is 264 g/mol. The van der Waals surface area contributed by atoms with E-state index in [1.165, 1.54) is 0 Å². The largest absolute Gasteiger partial charge is 0.422 e. The molecule has 1 heterocycles. The van der Waals surface area contributed by atoms with Gasteiger partial charge in [0, 0.05) is 6.04 Å². The third-order valence-electron chi connectivity index (χ3n) is 2.91. The molecule has 0 aliphatic heterocycles. The van der Waals surface area contributed by atoms with Gasteiger partial charge in [-0.1, -0.05) is 25.1 Å². The summed E-state index contributed by atoms with van der Waals surface area (Å²) in [4.78, 5) is 16.4. The van der Waals surface area contributed by atoms with Gasteiger partial charge in [-0.05, 0) is 50.1 Å². The molecule has 0 radical (unpaired) electrons. The van der Waals surface area contributed by atoms with Crippen LogP contribution in [0.25, 0.3) is 0 Å². The van der Waals surface area contributed by atoms with Crippen molar-refractivity contribution in [2.24, 2.45) is 0 Å². The third-order valence-corrected chi connectivity index (χ3v) is 2.91. The molecule has 1 N–H and O–H groups in total. The van der Waals surface area contributed by atoms with Crippen LogP contribution < -0.4 is 10.1 Å². The average molecular weight is 284 g/mol. The summed E-state index contributed by atoms with van der Waals surface area (Å²) in [5, 5.41) is 3.16. The van der Waals surface area contributed by atoms with Gasteiger partial charge < -0.3 is 10.1 Å². The molecular formula is C17H20N2O2. The predicted octanol–water partition coefficient (Wildman–Crippen LogP) is 3.68. The number of pyridine rings is 1. The molecule has 1 aromatic heterocycles. The summed E-state index contributed by atoms with van der Waals surface area (Å²) in [6.45, 7) is 6.09. The molecule has 4 heteroatoms. The van der Waals surface area contributed by atoms with Crippen molar-refractivity contribution < 1.29 is 9.53 Å². The van der Waals surface area contributed by atoms with Crippen molar-refractivity contribution in [1.29, 1.82) is 0 Å². The summed E-state index contributed by atoms with van der Waals surface area (Å²) in [5.41, 5.74) is 1.42. The van der Waals surface area contributed by atoms with E-state index < -0.39 is 5.97 Å². The zero-order valence-electron chi connectivity index (χ0n) is 12.6. The van der Waals surface area contributed by atoms with E-state index in [4.69, 9.17) is 4.74 Å². The summed E-state index contributed by atoms with van der Waals surface area (Å²) in [5.74, 6) is 0.765.